The number of hydrogen-bond donors (Lipinski definition) is 0. The van der Waals surface area contributed by atoms with E-state index >= 15 is 0 Å². The van der Waals surface area contributed by atoms with Gasteiger partial charge in [-0.15, -0.1) is 0 Å². The van der Waals surface area contributed by atoms with Gasteiger partial charge in [0.15, 0.2) is 0 Å². The van der Waals surface area contributed by atoms with Crippen LogP contribution in [0.5, 0.6) is 0 Å². The van der Waals surface area contributed by atoms with Crippen LogP contribution in [0.4, 0.5) is 0 Å². The van der Waals surface area contributed by atoms with Crippen LogP contribution in [0, 0.1) is 0 Å². The van der Waals surface area contributed by atoms with Crippen LogP contribution < -0.4 is 0 Å². The summed E-state index contributed by atoms with van der Waals surface area (Å²) in [4.78, 5) is 0. The van der Waals surface area contributed by atoms with Gasteiger partial charge in [-0.2, -0.15) is 0 Å². The Hall–Kier alpha value is 0.354. The van der Waals surface area contributed by atoms with Gasteiger partial charge in [-0.05, 0) is 25.9 Å². The molecule has 0 saturated carbocycles. The normalized spacial score (nSPS) is 10.8. The van der Waals surface area contributed by atoms with E-state index in [2.05, 4.69) is 28.9 Å². The van der Waals surface area contributed by atoms with E-state index in [4.69, 9.17) is 4.12 Å². The third-order valence-electron chi connectivity index (χ3n) is 1.16. The molecule has 4 heteroatoms. The van der Waals surface area contributed by atoms with E-state index in [1.165, 1.54) is 12.8 Å². The van der Waals surface area contributed by atoms with Crippen LogP contribution in [-0.2, 0) is 4.12 Å². The molecular weight excluding hydrogens is 158 g/mol. The van der Waals surface area contributed by atoms with Crippen LogP contribution in [0.2, 0.25) is 0 Å². The maximum Gasteiger partial charge on any atom is 0.328 e. The van der Waals surface area contributed by atoms with Crippen molar-refractivity contribution in [1.29, 1.82) is 0 Å². The van der Waals surface area contributed by atoms with Gasteiger partial charge in [0.2, 0.25) is 10.5 Å². The molecule has 0 aromatic rings. The van der Waals surface area contributed by atoms with Crippen LogP contribution in [0.25, 0.3) is 0 Å². The molecule has 0 aromatic carbocycles. The van der Waals surface area contributed by atoms with Gasteiger partial charge in [0.1, 0.15) is 0 Å². The minimum atomic E-state index is 0.467. The molecule has 5 radical (unpaired) electrons. The van der Waals surface area contributed by atoms with Crippen molar-refractivity contribution < 1.29 is 4.12 Å². The van der Waals surface area contributed by atoms with Gasteiger partial charge in [0.05, 0.1) is 0 Å². The molecule has 10 heavy (non-hydrogen) atoms. The lowest BCUT2D eigenvalue weighted by atomic mass is 10.4. The minimum absolute atomic E-state index is 0.467. The van der Waals surface area contributed by atoms with Crippen molar-refractivity contribution in [2.24, 2.45) is 0 Å². The molecule has 0 rings (SSSR count). The maximum absolute atomic E-state index is 4.87. The lowest BCUT2D eigenvalue weighted by molar-refractivity contribution is 0.397. The van der Waals surface area contributed by atoms with E-state index in [0.717, 1.165) is 13.1 Å². The number of nitrogens with zero attached hydrogens (tertiary/aromatic N) is 1. The number of hydrogen-bond acceptors (Lipinski definition) is 2. The van der Waals surface area contributed by atoms with E-state index in [-0.39, 0.29) is 0 Å². The molecular formula is C6H14NOSi2. The van der Waals surface area contributed by atoms with Crippen LogP contribution in [0.3, 0.4) is 0 Å². The zero-order chi connectivity index (χ0) is 7.82. The second-order valence-corrected chi connectivity index (χ2v) is 3.81. The summed E-state index contributed by atoms with van der Waals surface area (Å²) in [5.74, 6) is 0. The van der Waals surface area contributed by atoms with Gasteiger partial charge in [-0.1, -0.05) is 13.8 Å². The second-order valence-electron chi connectivity index (χ2n) is 2.18. The Morgan fingerprint density at radius 3 is 2.10 bits per heavy atom. The highest BCUT2D eigenvalue weighted by Gasteiger charge is 2.02. The van der Waals surface area contributed by atoms with Crippen molar-refractivity contribution in [1.82, 2.24) is 4.57 Å². The number of rotatable bonds is 6. The Labute approximate surface area is 69.5 Å². The molecule has 0 fully saturated rings. The van der Waals surface area contributed by atoms with Gasteiger partial charge in [-0.3, -0.25) is 0 Å². The monoisotopic (exact) mass is 172 g/mol. The third-order valence-corrected chi connectivity index (χ3v) is 2.23. The molecule has 2 nitrogen and oxygen atoms in total. The van der Waals surface area contributed by atoms with E-state index < -0.39 is 0 Å². The fraction of sp³-hybridized carbons (Fsp3) is 1.00. The highest BCUT2D eigenvalue weighted by Crippen LogP contribution is 1.90. The van der Waals surface area contributed by atoms with Crippen molar-refractivity contribution in [3.05, 3.63) is 0 Å². The highest BCUT2D eigenvalue weighted by atomic mass is 28.3. The Bertz CT molecular complexity index is 58.5. The lowest BCUT2D eigenvalue weighted by Gasteiger charge is -2.17. The van der Waals surface area contributed by atoms with E-state index in [1.54, 1.807) is 0 Å². The Morgan fingerprint density at radius 2 is 1.80 bits per heavy atom. The predicted octanol–water partition coefficient (Wildman–Crippen LogP) is 0.743. The molecule has 0 heterocycles. The van der Waals surface area contributed by atoms with Crippen molar-refractivity contribution in [3.63, 3.8) is 0 Å². The topological polar surface area (TPSA) is 12.5 Å². The summed E-state index contributed by atoms with van der Waals surface area (Å²) in [5.41, 5.74) is 0. The molecule has 0 aliphatic rings. The van der Waals surface area contributed by atoms with Gasteiger partial charge in [0, 0.05) is 0 Å². The average molecular weight is 172 g/mol. The van der Waals surface area contributed by atoms with Crippen LogP contribution in [0.1, 0.15) is 26.7 Å². The highest BCUT2D eigenvalue weighted by molar-refractivity contribution is 6.31. The first-order valence-corrected chi connectivity index (χ1v) is 4.94. The summed E-state index contributed by atoms with van der Waals surface area (Å²) in [6.07, 6.45) is 2.39. The van der Waals surface area contributed by atoms with E-state index in [0.29, 0.717) is 9.92 Å². The molecule has 0 unspecified atom stereocenters. The zero-order valence-corrected chi connectivity index (χ0v) is 8.68. The van der Waals surface area contributed by atoms with Crippen LogP contribution in [0.15, 0.2) is 0 Å². The molecule has 0 atom stereocenters. The summed E-state index contributed by atoms with van der Waals surface area (Å²) in [6, 6.07) is 0. The molecule has 0 spiro atoms. The lowest BCUT2D eigenvalue weighted by Crippen LogP contribution is -2.30. The molecule has 0 amide bonds. The van der Waals surface area contributed by atoms with Crippen LogP contribution >= 0.6 is 0 Å². The molecule has 0 saturated heterocycles. The molecule has 57 valence electrons. The first-order valence-electron chi connectivity index (χ1n) is 3.68. The van der Waals surface area contributed by atoms with Crippen LogP contribution in [-0.4, -0.2) is 38.1 Å². The predicted molar refractivity (Wildman–Crippen MR) is 44.7 cm³/mol. The van der Waals surface area contributed by atoms with Crippen molar-refractivity contribution in [3.8, 4) is 0 Å². The largest absolute Gasteiger partial charge is 0.445 e. The third kappa shape index (κ3) is 5.16. The molecule has 0 bridgehead atoms. The summed E-state index contributed by atoms with van der Waals surface area (Å²) in [7, 11) is 3.47. The molecule has 0 aliphatic carbocycles. The quantitative estimate of drug-likeness (QED) is 0.548. The summed E-state index contributed by atoms with van der Waals surface area (Å²) < 4.78 is 7.17. The van der Waals surface area contributed by atoms with Crippen molar-refractivity contribution in [2.75, 3.05) is 13.1 Å². The summed E-state index contributed by atoms with van der Waals surface area (Å²) >= 11 is 0. The summed E-state index contributed by atoms with van der Waals surface area (Å²) in [5, 5.41) is 0. The van der Waals surface area contributed by atoms with Gasteiger partial charge in [0.25, 0.3) is 0 Å². The fourth-order valence-electron chi connectivity index (χ4n) is 0.807. The van der Waals surface area contributed by atoms with Crippen molar-refractivity contribution in [2.45, 2.75) is 26.7 Å². The second kappa shape index (κ2) is 7.46. The van der Waals surface area contributed by atoms with Gasteiger partial charge in [-0.25, -0.2) is 0 Å². The first kappa shape index (κ1) is 10.4. The average Bonchev–Trinajstić information content (AvgIpc) is 1.90. The molecule has 0 aromatic heterocycles. The SMILES string of the molecule is CCCN(CCC)[Si]O[Si]. The standard InChI is InChI=1S/C6H14NOSi2/c1-3-5-7(6-4-2)10-8-9/h3-6H2,1-2H3. The maximum atomic E-state index is 4.87. The molecule has 0 N–H and O–H groups in total. The van der Waals surface area contributed by atoms with E-state index in [1.807, 2.05) is 0 Å². The minimum Gasteiger partial charge on any atom is -0.445 e. The smallest absolute Gasteiger partial charge is 0.328 e. The Balaban J connectivity index is 3.30. The molecule has 0 aliphatic heterocycles. The Morgan fingerprint density at radius 1 is 1.30 bits per heavy atom. The van der Waals surface area contributed by atoms with Gasteiger partial charge < -0.3 is 8.68 Å². The fourth-order valence-corrected chi connectivity index (χ4v) is 1.95. The Kier molecular flexibility index (Phi) is 7.72. The van der Waals surface area contributed by atoms with Gasteiger partial charge >= 0.3 is 9.92 Å². The summed E-state index contributed by atoms with van der Waals surface area (Å²) in [6.45, 7) is 6.63. The van der Waals surface area contributed by atoms with E-state index in [9.17, 15) is 0 Å². The van der Waals surface area contributed by atoms with Crippen molar-refractivity contribution >= 4 is 20.4 Å². The first-order chi connectivity index (χ1) is 4.85. The zero-order valence-electron chi connectivity index (χ0n) is 6.68.